The van der Waals surface area contributed by atoms with E-state index in [-0.39, 0.29) is 0 Å². The predicted molar refractivity (Wildman–Crippen MR) is 95.9 cm³/mol. The number of pyridine rings is 1. The number of aryl methyl sites for hydroxylation is 1. The molecular formula is C18H17N5S. The molecule has 3 heterocycles. The quantitative estimate of drug-likeness (QED) is 0.533. The van der Waals surface area contributed by atoms with Gasteiger partial charge in [-0.3, -0.25) is 0 Å². The molecule has 3 aromatic heterocycles. The van der Waals surface area contributed by atoms with Crippen molar-refractivity contribution < 1.29 is 0 Å². The zero-order valence-electron chi connectivity index (χ0n) is 13.5. The molecule has 0 aliphatic heterocycles. The van der Waals surface area contributed by atoms with E-state index in [0.717, 1.165) is 33.6 Å². The largest absolute Gasteiger partial charge is 0.307 e. The lowest BCUT2D eigenvalue weighted by atomic mass is 10.2. The van der Waals surface area contributed by atoms with Gasteiger partial charge < -0.3 is 8.97 Å². The SMILES string of the molecule is Cc1cccn2cc(CSc3nnc(-c4ccccc4)n3C)nc12. The number of aromatic nitrogens is 5. The van der Waals surface area contributed by atoms with Crippen molar-refractivity contribution >= 4 is 17.4 Å². The van der Waals surface area contributed by atoms with Crippen LogP contribution < -0.4 is 0 Å². The third-order valence-corrected chi connectivity index (χ3v) is 5.00. The molecule has 24 heavy (non-hydrogen) atoms. The van der Waals surface area contributed by atoms with Gasteiger partial charge in [0.1, 0.15) is 5.65 Å². The highest BCUT2D eigenvalue weighted by molar-refractivity contribution is 7.98. The molecule has 0 spiro atoms. The Kier molecular flexibility index (Phi) is 3.82. The Bertz CT molecular complexity index is 987. The van der Waals surface area contributed by atoms with Crippen molar-refractivity contribution in [1.82, 2.24) is 24.1 Å². The Morgan fingerprint density at radius 1 is 1.04 bits per heavy atom. The maximum Gasteiger partial charge on any atom is 0.191 e. The van der Waals surface area contributed by atoms with Crippen LogP contribution in [-0.4, -0.2) is 24.1 Å². The molecule has 6 heteroatoms. The van der Waals surface area contributed by atoms with Crippen molar-refractivity contribution in [2.75, 3.05) is 0 Å². The molecule has 0 saturated heterocycles. The maximum atomic E-state index is 4.71. The van der Waals surface area contributed by atoms with Crippen LogP contribution in [0.25, 0.3) is 17.0 Å². The molecular weight excluding hydrogens is 318 g/mol. The van der Waals surface area contributed by atoms with E-state index in [2.05, 4.69) is 33.8 Å². The lowest BCUT2D eigenvalue weighted by Crippen LogP contribution is -1.95. The number of thioether (sulfide) groups is 1. The van der Waals surface area contributed by atoms with Gasteiger partial charge in [0, 0.05) is 30.8 Å². The van der Waals surface area contributed by atoms with Gasteiger partial charge in [0.25, 0.3) is 0 Å². The molecule has 0 aliphatic rings. The van der Waals surface area contributed by atoms with Crippen LogP contribution in [0.3, 0.4) is 0 Å². The minimum absolute atomic E-state index is 0.766. The van der Waals surface area contributed by atoms with E-state index in [4.69, 9.17) is 4.98 Å². The summed E-state index contributed by atoms with van der Waals surface area (Å²) in [5.74, 6) is 1.64. The second-order valence-corrected chi connectivity index (χ2v) is 6.62. The number of benzene rings is 1. The molecule has 0 aliphatic carbocycles. The standard InChI is InChI=1S/C18H17N5S/c1-13-7-6-10-23-11-15(19-16(13)23)12-24-18-21-20-17(22(18)2)14-8-4-3-5-9-14/h3-11H,12H2,1-2H3. The molecule has 0 saturated carbocycles. The minimum Gasteiger partial charge on any atom is -0.307 e. The summed E-state index contributed by atoms with van der Waals surface area (Å²) in [5, 5.41) is 9.53. The number of fused-ring (bicyclic) bond motifs is 1. The number of nitrogens with zero attached hydrogens (tertiary/aromatic N) is 5. The Hall–Kier alpha value is -2.60. The van der Waals surface area contributed by atoms with Crippen molar-refractivity contribution in [1.29, 1.82) is 0 Å². The van der Waals surface area contributed by atoms with Gasteiger partial charge in [-0.2, -0.15) is 0 Å². The fourth-order valence-corrected chi connectivity index (χ4v) is 3.49. The van der Waals surface area contributed by atoms with Gasteiger partial charge in [0.05, 0.1) is 5.69 Å². The van der Waals surface area contributed by atoms with Gasteiger partial charge in [0.2, 0.25) is 0 Å². The number of rotatable bonds is 4. The van der Waals surface area contributed by atoms with E-state index in [9.17, 15) is 0 Å². The van der Waals surface area contributed by atoms with E-state index in [1.165, 1.54) is 5.56 Å². The van der Waals surface area contributed by atoms with Crippen molar-refractivity contribution in [3.05, 3.63) is 66.1 Å². The fraction of sp³-hybridized carbons (Fsp3) is 0.167. The van der Waals surface area contributed by atoms with Crippen LogP contribution in [0.5, 0.6) is 0 Å². The molecule has 0 bridgehead atoms. The lowest BCUT2D eigenvalue weighted by molar-refractivity contribution is 0.793. The molecule has 4 rings (SSSR count). The van der Waals surface area contributed by atoms with Crippen LogP contribution in [0, 0.1) is 6.92 Å². The molecule has 120 valence electrons. The highest BCUT2D eigenvalue weighted by Gasteiger charge is 2.12. The van der Waals surface area contributed by atoms with E-state index in [0.29, 0.717) is 0 Å². The fourth-order valence-electron chi connectivity index (χ4n) is 2.69. The van der Waals surface area contributed by atoms with Crippen molar-refractivity contribution in [2.45, 2.75) is 17.8 Å². The second kappa shape index (κ2) is 6.13. The summed E-state index contributed by atoms with van der Waals surface area (Å²) in [4.78, 5) is 4.71. The second-order valence-electron chi connectivity index (χ2n) is 5.67. The Labute approximate surface area is 144 Å². The van der Waals surface area contributed by atoms with Crippen molar-refractivity contribution in [3.8, 4) is 11.4 Å². The van der Waals surface area contributed by atoms with Gasteiger partial charge >= 0.3 is 0 Å². The Morgan fingerprint density at radius 2 is 1.88 bits per heavy atom. The van der Waals surface area contributed by atoms with Crippen molar-refractivity contribution in [3.63, 3.8) is 0 Å². The molecule has 4 aromatic rings. The normalized spacial score (nSPS) is 11.2. The zero-order chi connectivity index (χ0) is 16.5. The average molecular weight is 335 g/mol. The molecule has 0 amide bonds. The highest BCUT2D eigenvalue weighted by Crippen LogP contribution is 2.25. The topological polar surface area (TPSA) is 48.0 Å². The summed E-state index contributed by atoms with van der Waals surface area (Å²) in [6.45, 7) is 2.08. The van der Waals surface area contributed by atoms with E-state index < -0.39 is 0 Å². The van der Waals surface area contributed by atoms with E-state index >= 15 is 0 Å². The third kappa shape index (κ3) is 2.69. The van der Waals surface area contributed by atoms with Crippen LogP contribution >= 0.6 is 11.8 Å². The van der Waals surface area contributed by atoms with Crippen LogP contribution in [0.2, 0.25) is 0 Å². The molecule has 0 N–H and O–H groups in total. The van der Waals surface area contributed by atoms with Crippen LogP contribution in [-0.2, 0) is 12.8 Å². The minimum atomic E-state index is 0.766. The summed E-state index contributed by atoms with van der Waals surface area (Å²) < 4.78 is 4.10. The third-order valence-electron chi connectivity index (χ3n) is 3.94. The van der Waals surface area contributed by atoms with Crippen LogP contribution in [0.4, 0.5) is 0 Å². The smallest absolute Gasteiger partial charge is 0.191 e. The van der Waals surface area contributed by atoms with Gasteiger partial charge in [-0.25, -0.2) is 4.98 Å². The van der Waals surface area contributed by atoms with Gasteiger partial charge in [0.15, 0.2) is 11.0 Å². The van der Waals surface area contributed by atoms with E-state index in [1.54, 1.807) is 11.8 Å². The molecule has 1 aromatic carbocycles. The number of hydrogen-bond donors (Lipinski definition) is 0. The molecule has 0 radical (unpaired) electrons. The Balaban J connectivity index is 1.55. The summed E-state index contributed by atoms with van der Waals surface area (Å²) in [6.07, 6.45) is 4.10. The molecule has 0 atom stereocenters. The zero-order valence-corrected chi connectivity index (χ0v) is 14.4. The van der Waals surface area contributed by atoms with E-state index in [1.807, 2.05) is 54.2 Å². The highest BCUT2D eigenvalue weighted by atomic mass is 32.2. The van der Waals surface area contributed by atoms with Crippen LogP contribution in [0.15, 0.2) is 60.0 Å². The monoisotopic (exact) mass is 335 g/mol. The summed E-state index contributed by atoms with van der Waals surface area (Å²) in [6, 6.07) is 14.2. The van der Waals surface area contributed by atoms with Crippen molar-refractivity contribution in [2.24, 2.45) is 7.05 Å². The van der Waals surface area contributed by atoms with Gasteiger partial charge in [-0.15, -0.1) is 10.2 Å². The molecule has 0 unspecified atom stereocenters. The van der Waals surface area contributed by atoms with Gasteiger partial charge in [-0.1, -0.05) is 48.2 Å². The maximum absolute atomic E-state index is 4.71. The summed E-state index contributed by atoms with van der Waals surface area (Å²) >= 11 is 1.65. The lowest BCUT2D eigenvalue weighted by Gasteiger charge is -2.02. The first-order valence-electron chi connectivity index (χ1n) is 7.73. The number of imidazole rings is 1. The first-order valence-corrected chi connectivity index (χ1v) is 8.72. The summed E-state index contributed by atoms with van der Waals surface area (Å²) in [7, 11) is 2.00. The first kappa shape index (κ1) is 15.0. The number of hydrogen-bond acceptors (Lipinski definition) is 4. The molecule has 0 fully saturated rings. The Morgan fingerprint density at radius 3 is 2.67 bits per heavy atom. The van der Waals surface area contributed by atoms with Crippen LogP contribution in [0.1, 0.15) is 11.3 Å². The first-order chi connectivity index (χ1) is 11.7. The predicted octanol–water partition coefficient (Wildman–Crippen LogP) is 3.73. The summed E-state index contributed by atoms with van der Waals surface area (Å²) in [5.41, 5.74) is 4.30. The average Bonchev–Trinajstić information content (AvgIpc) is 3.18. The molecule has 5 nitrogen and oxygen atoms in total. The van der Waals surface area contributed by atoms with Gasteiger partial charge in [-0.05, 0) is 18.6 Å².